The number of para-hydroxylation sites is 1. The van der Waals surface area contributed by atoms with Gasteiger partial charge >= 0.3 is 0 Å². The fourth-order valence-corrected chi connectivity index (χ4v) is 2.79. The lowest BCUT2D eigenvalue weighted by atomic mass is 9.89. The van der Waals surface area contributed by atoms with E-state index in [2.05, 4.69) is 17.4 Å². The maximum absolute atomic E-state index is 12.5. The summed E-state index contributed by atoms with van der Waals surface area (Å²) in [5, 5.41) is 6.91. The molecule has 0 spiro atoms. The molecule has 1 aromatic heterocycles. The maximum Gasteiger partial charge on any atom is 0.261 e. The predicted octanol–water partition coefficient (Wildman–Crippen LogP) is 3.45. The van der Waals surface area contributed by atoms with E-state index in [0.29, 0.717) is 29.7 Å². The van der Waals surface area contributed by atoms with E-state index in [-0.39, 0.29) is 5.91 Å². The van der Waals surface area contributed by atoms with Crippen molar-refractivity contribution in [1.29, 1.82) is 0 Å². The van der Waals surface area contributed by atoms with Gasteiger partial charge in [-0.15, -0.1) is 0 Å². The second-order valence-corrected chi connectivity index (χ2v) is 5.67. The van der Waals surface area contributed by atoms with Gasteiger partial charge < -0.3 is 9.26 Å². The smallest absolute Gasteiger partial charge is 0.261 e. The monoisotopic (exact) mass is 300 g/mol. The van der Waals surface area contributed by atoms with Crippen LogP contribution in [0.2, 0.25) is 0 Å². The first-order chi connectivity index (χ1) is 10.7. The maximum atomic E-state index is 12.5. The molecule has 1 amide bonds. The zero-order valence-electron chi connectivity index (χ0n) is 12.9. The second-order valence-electron chi connectivity index (χ2n) is 5.67. The van der Waals surface area contributed by atoms with Gasteiger partial charge in [0.1, 0.15) is 5.75 Å². The number of fused-ring (bicyclic) bond motifs is 1. The van der Waals surface area contributed by atoms with Crippen molar-refractivity contribution in [2.75, 3.05) is 11.9 Å². The first kappa shape index (κ1) is 14.6. The summed E-state index contributed by atoms with van der Waals surface area (Å²) in [4.78, 5) is 12.5. The SMILES string of the molecule is CCOc1ccccc1C(=O)Nc1onc2c1C[C@@H](C)CC2. The predicted molar refractivity (Wildman–Crippen MR) is 83.3 cm³/mol. The minimum absolute atomic E-state index is 0.235. The molecule has 5 nitrogen and oxygen atoms in total. The Hall–Kier alpha value is -2.30. The van der Waals surface area contributed by atoms with Gasteiger partial charge in [-0.1, -0.05) is 24.2 Å². The number of carbonyl (C=O) groups is 1. The molecule has 1 aliphatic carbocycles. The Labute approximate surface area is 129 Å². The van der Waals surface area contributed by atoms with E-state index < -0.39 is 0 Å². The van der Waals surface area contributed by atoms with Crippen LogP contribution in [0.4, 0.5) is 5.88 Å². The molecule has 1 atom stereocenters. The van der Waals surface area contributed by atoms with Gasteiger partial charge in [0.15, 0.2) is 0 Å². The van der Waals surface area contributed by atoms with E-state index in [1.54, 1.807) is 12.1 Å². The summed E-state index contributed by atoms with van der Waals surface area (Å²) in [5.74, 6) is 1.39. The first-order valence-electron chi connectivity index (χ1n) is 7.69. The highest BCUT2D eigenvalue weighted by atomic mass is 16.5. The number of nitrogens with zero attached hydrogens (tertiary/aromatic N) is 1. The average Bonchev–Trinajstić information content (AvgIpc) is 2.90. The number of anilines is 1. The zero-order chi connectivity index (χ0) is 15.5. The van der Waals surface area contributed by atoms with Crippen LogP contribution >= 0.6 is 0 Å². The van der Waals surface area contributed by atoms with Crippen molar-refractivity contribution in [2.24, 2.45) is 5.92 Å². The molecule has 0 bridgehead atoms. The topological polar surface area (TPSA) is 64.4 Å². The van der Waals surface area contributed by atoms with Crippen LogP contribution in [0.25, 0.3) is 0 Å². The average molecular weight is 300 g/mol. The summed E-state index contributed by atoms with van der Waals surface area (Å²) in [7, 11) is 0. The number of hydrogen-bond acceptors (Lipinski definition) is 4. The van der Waals surface area contributed by atoms with Crippen LogP contribution in [-0.2, 0) is 12.8 Å². The van der Waals surface area contributed by atoms with Gasteiger partial charge in [-0.2, -0.15) is 0 Å². The van der Waals surface area contributed by atoms with E-state index in [9.17, 15) is 4.79 Å². The van der Waals surface area contributed by atoms with Crippen molar-refractivity contribution < 1.29 is 14.1 Å². The molecule has 2 aromatic rings. The van der Waals surface area contributed by atoms with Crippen LogP contribution in [0.1, 0.15) is 41.9 Å². The number of hydrogen-bond donors (Lipinski definition) is 1. The molecule has 1 aromatic carbocycles. The van der Waals surface area contributed by atoms with E-state index >= 15 is 0 Å². The minimum Gasteiger partial charge on any atom is -0.493 e. The summed E-state index contributed by atoms with van der Waals surface area (Å²) in [6.07, 6.45) is 2.91. The number of aryl methyl sites for hydroxylation is 1. The van der Waals surface area contributed by atoms with Crippen molar-refractivity contribution in [2.45, 2.75) is 33.1 Å². The van der Waals surface area contributed by atoms with Crippen LogP contribution in [0, 0.1) is 5.92 Å². The number of benzene rings is 1. The summed E-state index contributed by atoms with van der Waals surface area (Å²) in [6.45, 7) is 4.61. The molecule has 5 heteroatoms. The Morgan fingerprint density at radius 3 is 3.09 bits per heavy atom. The molecule has 116 valence electrons. The Morgan fingerprint density at radius 1 is 1.45 bits per heavy atom. The number of carbonyl (C=O) groups excluding carboxylic acids is 1. The van der Waals surface area contributed by atoms with Crippen LogP contribution in [0.5, 0.6) is 5.75 Å². The lowest BCUT2D eigenvalue weighted by Gasteiger charge is -2.16. The quantitative estimate of drug-likeness (QED) is 0.939. The molecule has 22 heavy (non-hydrogen) atoms. The number of aromatic nitrogens is 1. The number of ether oxygens (including phenoxy) is 1. The van der Waals surface area contributed by atoms with Crippen molar-refractivity contribution in [1.82, 2.24) is 5.16 Å². The molecule has 1 aliphatic rings. The highest BCUT2D eigenvalue weighted by molar-refractivity contribution is 6.05. The molecule has 0 unspecified atom stereocenters. The Morgan fingerprint density at radius 2 is 2.27 bits per heavy atom. The van der Waals surface area contributed by atoms with E-state index in [4.69, 9.17) is 9.26 Å². The summed E-state index contributed by atoms with van der Waals surface area (Å²) in [6, 6.07) is 7.19. The highest BCUT2D eigenvalue weighted by Gasteiger charge is 2.25. The summed E-state index contributed by atoms with van der Waals surface area (Å²) < 4.78 is 10.8. The molecular formula is C17H20N2O3. The molecule has 1 N–H and O–H groups in total. The molecule has 0 fully saturated rings. The van der Waals surface area contributed by atoms with Crippen molar-refractivity contribution in [3.8, 4) is 5.75 Å². The van der Waals surface area contributed by atoms with Crippen LogP contribution < -0.4 is 10.1 Å². The molecule has 1 heterocycles. The Kier molecular flexibility index (Phi) is 4.13. The largest absolute Gasteiger partial charge is 0.493 e. The van der Waals surface area contributed by atoms with Gasteiger partial charge in [0.2, 0.25) is 5.88 Å². The summed E-state index contributed by atoms with van der Waals surface area (Å²) in [5.41, 5.74) is 2.49. The normalized spacial score (nSPS) is 16.9. The highest BCUT2D eigenvalue weighted by Crippen LogP contribution is 2.31. The number of nitrogens with one attached hydrogen (secondary N) is 1. The molecule has 0 saturated heterocycles. The van der Waals surface area contributed by atoms with Gasteiger partial charge in [0, 0.05) is 5.56 Å². The fraction of sp³-hybridized carbons (Fsp3) is 0.412. The molecular weight excluding hydrogens is 280 g/mol. The zero-order valence-corrected chi connectivity index (χ0v) is 12.9. The molecule has 0 radical (unpaired) electrons. The van der Waals surface area contributed by atoms with E-state index in [0.717, 1.165) is 30.5 Å². The number of rotatable bonds is 4. The van der Waals surface area contributed by atoms with Crippen LogP contribution in [0.3, 0.4) is 0 Å². The fourth-order valence-electron chi connectivity index (χ4n) is 2.79. The van der Waals surface area contributed by atoms with Gasteiger partial charge in [-0.3, -0.25) is 10.1 Å². The van der Waals surface area contributed by atoms with Gasteiger partial charge in [0.25, 0.3) is 5.91 Å². The van der Waals surface area contributed by atoms with Crippen molar-refractivity contribution in [3.63, 3.8) is 0 Å². The molecule has 0 saturated carbocycles. The lowest BCUT2D eigenvalue weighted by Crippen LogP contribution is -2.16. The van der Waals surface area contributed by atoms with E-state index in [1.165, 1.54) is 0 Å². The minimum atomic E-state index is -0.235. The Balaban J connectivity index is 1.82. The third kappa shape index (κ3) is 2.84. The first-order valence-corrected chi connectivity index (χ1v) is 7.69. The third-order valence-corrected chi connectivity index (χ3v) is 3.95. The lowest BCUT2D eigenvalue weighted by molar-refractivity contribution is 0.102. The summed E-state index contributed by atoms with van der Waals surface area (Å²) >= 11 is 0. The second kappa shape index (κ2) is 6.22. The van der Waals surface area contributed by atoms with Crippen LogP contribution in [0.15, 0.2) is 28.8 Å². The molecule has 0 aliphatic heterocycles. The molecule has 3 rings (SSSR count). The van der Waals surface area contributed by atoms with E-state index in [1.807, 2.05) is 19.1 Å². The Bertz CT molecular complexity index is 678. The standard InChI is InChI=1S/C17H20N2O3/c1-3-21-15-7-5-4-6-12(15)16(20)18-17-13-10-11(2)8-9-14(13)19-22-17/h4-7,11H,3,8-10H2,1-2H3,(H,18,20)/t11-/m0/s1. The van der Waals surface area contributed by atoms with Gasteiger partial charge in [0.05, 0.1) is 17.9 Å². The third-order valence-electron chi connectivity index (χ3n) is 3.95. The number of amides is 1. The van der Waals surface area contributed by atoms with Crippen molar-refractivity contribution >= 4 is 11.8 Å². The van der Waals surface area contributed by atoms with Crippen LogP contribution in [-0.4, -0.2) is 17.7 Å². The van der Waals surface area contributed by atoms with Gasteiger partial charge in [-0.05, 0) is 44.2 Å². The van der Waals surface area contributed by atoms with Gasteiger partial charge in [-0.25, -0.2) is 0 Å². The van der Waals surface area contributed by atoms with Crippen molar-refractivity contribution in [3.05, 3.63) is 41.1 Å².